The summed E-state index contributed by atoms with van der Waals surface area (Å²) in [6, 6.07) is 11.6. The van der Waals surface area contributed by atoms with Gasteiger partial charge >= 0.3 is 5.97 Å². The number of esters is 1. The molecular formula is C20H19FN2O5. The van der Waals surface area contributed by atoms with Gasteiger partial charge in [0, 0.05) is 23.4 Å². The fourth-order valence-corrected chi connectivity index (χ4v) is 2.20. The van der Waals surface area contributed by atoms with Crippen molar-refractivity contribution in [3.63, 3.8) is 0 Å². The Morgan fingerprint density at radius 2 is 1.57 bits per heavy atom. The van der Waals surface area contributed by atoms with Gasteiger partial charge in [0.25, 0.3) is 5.91 Å². The molecule has 0 aliphatic heterocycles. The van der Waals surface area contributed by atoms with E-state index in [0.717, 1.165) is 0 Å². The summed E-state index contributed by atoms with van der Waals surface area (Å²) in [4.78, 5) is 46.6. The van der Waals surface area contributed by atoms with Crippen molar-refractivity contribution in [1.82, 2.24) is 0 Å². The van der Waals surface area contributed by atoms with Gasteiger partial charge in [0.05, 0.1) is 6.42 Å². The molecule has 0 aliphatic carbocycles. The second-order valence-corrected chi connectivity index (χ2v) is 5.90. The van der Waals surface area contributed by atoms with Crippen molar-refractivity contribution in [2.75, 3.05) is 17.2 Å². The maximum absolute atomic E-state index is 12.8. The average molecular weight is 386 g/mol. The Bertz CT molecular complexity index is 880. The number of rotatable bonds is 8. The molecule has 0 fully saturated rings. The highest BCUT2D eigenvalue weighted by molar-refractivity contribution is 5.97. The molecule has 28 heavy (non-hydrogen) atoms. The molecular weight excluding hydrogens is 367 g/mol. The summed E-state index contributed by atoms with van der Waals surface area (Å²) < 4.78 is 17.6. The van der Waals surface area contributed by atoms with Crippen LogP contribution in [0, 0.1) is 5.82 Å². The first kappa shape index (κ1) is 20.8. The number of hydrogen-bond donors (Lipinski definition) is 2. The van der Waals surface area contributed by atoms with Crippen LogP contribution in [0.4, 0.5) is 15.8 Å². The highest BCUT2D eigenvalue weighted by Crippen LogP contribution is 2.11. The largest absolute Gasteiger partial charge is 0.456 e. The number of hydrogen-bond acceptors (Lipinski definition) is 5. The zero-order valence-electron chi connectivity index (χ0n) is 15.2. The van der Waals surface area contributed by atoms with Crippen molar-refractivity contribution in [2.24, 2.45) is 0 Å². The smallest absolute Gasteiger partial charge is 0.306 e. The van der Waals surface area contributed by atoms with Crippen LogP contribution in [0.25, 0.3) is 0 Å². The summed E-state index contributed by atoms with van der Waals surface area (Å²) in [7, 11) is 0. The minimum absolute atomic E-state index is 0.138. The number of halogens is 1. The number of amides is 2. The van der Waals surface area contributed by atoms with Crippen LogP contribution in [0.15, 0.2) is 48.5 Å². The lowest BCUT2D eigenvalue weighted by Gasteiger charge is -2.08. The van der Waals surface area contributed by atoms with Crippen LogP contribution < -0.4 is 10.6 Å². The normalized spacial score (nSPS) is 10.1. The fraction of sp³-hybridized carbons (Fsp3) is 0.200. The molecule has 0 atom stereocenters. The Hall–Kier alpha value is -3.55. The molecule has 0 aliphatic rings. The summed E-state index contributed by atoms with van der Waals surface area (Å²) in [6.45, 7) is 0.900. The monoisotopic (exact) mass is 386 g/mol. The van der Waals surface area contributed by atoms with Crippen molar-refractivity contribution < 1.29 is 28.3 Å². The number of benzene rings is 2. The summed E-state index contributed by atoms with van der Waals surface area (Å²) >= 11 is 0. The number of carbonyl (C=O) groups is 4. The van der Waals surface area contributed by atoms with E-state index in [1.807, 2.05) is 0 Å². The number of Topliss-reactive ketones (excluding diaryl/α,β-unsaturated/α-hetero) is 1. The number of ether oxygens (including phenoxy) is 1. The quantitative estimate of drug-likeness (QED) is 0.537. The van der Waals surface area contributed by atoms with E-state index in [-0.39, 0.29) is 18.6 Å². The van der Waals surface area contributed by atoms with E-state index in [1.165, 1.54) is 37.3 Å². The minimum Gasteiger partial charge on any atom is -0.456 e. The number of anilines is 2. The Balaban J connectivity index is 1.70. The van der Waals surface area contributed by atoms with Crippen molar-refractivity contribution in [3.8, 4) is 0 Å². The SMILES string of the molecule is CC(=O)c1cccc(NC(=O)COC(=O)CCC(=O)Nc2ccc(F)cc2)c1. The van der Waals surface area contributed by atoms with Crippen molar-refractivity contribution in [3.05, 3.63) is 59.9 Å². The predicted molar refractivity (Wildman–Crippen MR) is 100 cm³/mol. The maximum atomic E-state index is 12.8. The molecule has 0 radical (unpaired) electrons. The van der Waals surface area contributed by atoms with E-state index in [9.17, 15) is 23.6 Å². The molecule has 0 bridgehead atoms. The lowest BCUT2D eigenvalue weighted by molar-refractivity contribution is -0.147. The first-order valence-corrected chi connectivity index (χ1v) is 8.45. The minimum atomic E-state index is -0.707. The number of ketones is 1. The fourth-order valence-electron chi connectivity index (χ4n) is 2.20. The van der Waals surface area contributed by atoms with Gasteiger partial charge < -0.3 is 15.4 Å². The Morgan fingerprint density at radius 3 is 2.25 bits per heavy atom. The van der Waals surface area contributed by atoms with Crippen LogP contribution in [0.1, 0.15) is 30.1 Å². The van der Waals surface area contributed by atoms with Gasteiger partial charge in [-0.15, -0.1) is 0 Å². The lowest BCUT2D eigenvalue weighted by atomic mass is 10.1. The van der Waals surface area contributed by atoms with E-state index in [0.29, 0.717) is 16.9 Å². The summed E-state index contributed by atoms with van der Waals surface area (Å²) in [6.07, 6.45) is -0.349. The molecule has 2 rings (SSSR count). The molecule has 2 aromatic rings. The van der Waals surface area contributed by atoms with Gasteiger partial charge in [0.15, 0.2) is 12.4 Å². The van der Waals surface area contributed by atoms with Gasteiger partial charge in [-0.2, -0.15) is 0 Å². The van der Waals surface area contributed by atoms with Crippen LogP contribution in [0.5, 0.6) is 0 Å². The highest BCUT2D eigenvalue weighted by Gasteiger charge is 2.11. The standard InChI is InChI=1S/C20H19FN2O5/c1-13(24)14-3-2-4-17(11-14)23-19(26)12-28-20(27)10-9-18(25)22-16-7-5-15(21)6-8-16/h2-8,11H,9-10,12H2,1H3,(H,22,25)(H,23,26). The molecule has 2 amide bonds. The Labute approximate surface area is 160 Å². The van der Waals surface area contributed by atoms with E-state index in [2.05, 4.69) is 10.6 Å². The molecule has 0 aromatic heterocycles. The summed E-state index contributed by atoms with van der Waals surface area (Å²) in [5.74, 6) is -2.27. The summed E-state index contributed by atoms with van der Waals surface area (Å²) in [5.41, 5.74) is 1.27. The average Bonchev–Trinajstić information content (AvgIpc) is 2.66. The lowest BCUT2D eigenvalue weighted by Crippen LogP contribution is -2.22. The van der Waals surface area contributed by atoms with Gasteiger partial charge in [0.2, 0.25) is 5.91 Å². The van der Waals surface area contributed by atoms with Crippen LogP contribution in [-0.2, 0) is 19.1 Å². The first-order chi connectivity index (χ1) is 13.3. The molecule has 8 heteroatoms. The Kier molecular flexibility index (Phi) is 7.38. The molecule has 2 N–H and O–H groups in total. The molecule has 0 heterocycles. The van der Waals surface area contributed by atoms with Gasteiger partial charge in [0.1, 0.15) is 5.82 Å². The van der Waals surface area contributed by atoms with E-state index in [1.54, 1.807) is 18.2 Å². The van der Waals surface area contributed by atoms with Crippen LogP contribution in [0.2, 0.25) is 0 Å². The Morgan fingerprint density at radius 1 is 0.893 bits per heavy atom. The number of nitrogens with one attached hydrogen (secondary N) is 2. The first-order valence-electron chi connectivity index (χ1n) is 8.45. The molecule has 0 saturated heterocycles. The molecule has 146 valence electrons. The summed E-state index contributed by atoms with van der Waals surface area (Å²) in [5, 5.41) is 5.03. The van der Waals surface area contributed by atoms with E-state index < -0.39 is 30.2 Å². The highest BCUT2D eigenvalue weighted by atomic mass is 19.1. The van der Waals surface area contributed by atoms with Crippen LogP contribution in [0.3, 0.4) is 0 Å². The van der Waals surface area contributed by atoms with Crippen LogP contribution in [-0.4, -0.2) is 30.2 Å². The van der Waals surface area contributed by atoms with Gasteiger partial charge in [-0.1, -0.05) is 12.1 Å². The van der Waals surface area contributed by atoms with Crippen molar-refractivity contribution in [2.45, 2.75) is 19.8 Å². The predicted octanol–water partition coefficient (Wildman–Crippen LogP) is 2.93. The molecule has 2 aromatic carbocycles. The second-order valence-electron chi connectivity index (χ2n) is 5.90. The van der Waals surface area contributed by atoms with E-state index in [4.69, 9.17) is 4.74 Å². The van der Waals surface area contributed by atoms with Gasteiger partial charge in [-0.05, 0) is 43.3 Å². The molecule has 7 nitrogen and oxygen atoms in total. The topological polar surface area (TPSA) is 102 Å². The third-order valence-electron chi connectivity index (χ3n) is 3.60. The van der Waals surface area contributed by atoms with E-state index >= 15 is 0 Å². The second kappa shape index (κ2) is 9.96. The van der Waals surface area contributed by atoms with Crippen molar-refractivity contribution in [1.29, 1.82) is 0 Å². The zero-order valence-corrected chi connectivity index (χ0v) is 15.2. The van der Waals surface area contributed by atoms with Gasteiger partial charge in [-0.25, -0.2) is 4.39 Å². The molecule has 0 spiro atoms. The molecule has 0 saturated carbocycles. The maximum Gasteiger partial charge on any atom is 0.306 e. The number of carbonyl (C=O) groups excluding carboxylic acids is 4. The zero-order chi connectivity index (χ0) is 20.5. The third-order valence-corrected chi connectivity index (χ3v) is 3.60. The van der Waals surface area contributed by atoms with Gasteiger partial charge in [-0.3, -0.25) is 19.2 Å². The third kappa shape index (κ3) is 6.99. The van der Waals surface area contributed by atoms with Crippen LogP contribution >= 0.6 is 0 Å². The van der Waals surface area contributed by atoms with Crippen molar-refractivity contribution >= 4 is 34.9 Å². The molecule has 0 unspecified atom stereocenters.